The molecule has 38 heavy (non-hydrogen) atoms. The zero-order valence-corrected chi connectivity index (χ0v) is 21.9. The summed E-state index contributed by atoms with van der Waals surface area (Å²) in [6.07, 6.45) is 2.26. The molecule has 0 spiro atoms. The van der Waals surface area contributed by atoms with Crippen LogP contribution in [0.2, 0.25) is 5.02 Å². The molecule has 1 atom stereocenters. The predicted octanol–water partition coefficient (Wildman–Crippen LogP) is 5.15. The van der Waals surface area contributed by atoms with Crippen LogP contribution in [-0.4, -0.2) is 49.5 Å². The van der Waals surface area contributed by atoms with E-state index in [1.165, 1.54) is 13.3 Å². The summed E-state index contributed by atoms with van der Waals surface area (Å²) in [4.78, 5) is 16.3. The molecule has 0 saturated carbocycles. The van der Waals surface area contributed by atoms with E-state index in [4.69, 9.17) is 25.8 Å². The number of aliphatic hydroxyl groups is 1. The van der Waals surface area contributed by atoms with E-state index in [1.54, 1.807) is 18.2 Å². The first kappa shape index (κ1) is 28.0. The molecule has 2 aromatic carbocycles. The Morgan fingerprint density at radius 1 is 1.16 bits per heavy atom. The van der Waals surface area contributed by atoms with Crippen LogP contribution in [0.1, 0.15) is 42.9 Å². The molecule has 10 heteroatoms. The summed E-state index contributed by atoms with van der Waals surface area (Å²) in [5.41, 5.74) is 0.890. The molecule has 2 heterocycles. The van der Waals surface area contributed by atoms with E-state index in [2.05, 4.69) is 10.3 Å². The Morgan fingerprint density at radius 3 is 2.61 bits per heavy atom. The number of hydrogen-bond acceptors (Lipinski definition) is 7. The first-order chi connectivity index (χ1) is 18.4. The molecule has 1 fully saturated rings. The molecule has 1 unspecified atom stereocenters. The largest absolute Gasteiger partial charge is 0.497 e. The number of ether oxygens (including phenoxy) is 3. The van der Waals surface area contributed by atoms with Gasteiger partial charge in [0.15, 0.2) is 0 Å². The van der Waals surface area contributed by atoms with Gasteiger partial charge >= 0.3 is 5.97 Å². The average Bonchev–Trinajstić information content (AvgIpc) is 2.92. The minimum atomic E-state index is -1.08. The Kier molecular flexibility index (Phi) is 9.71. The highest BCUT2D eigenvalue weighted by atomic mass is 35.5. The lowest BCUT2D eigenvalue weighted by atomic mass is 9.97. The van der Waals surface area contributed by atoms with Gasteiger partial charge < -0.3 is 24.6 Å². The van der Waals surface area contributed by atoms with E-state index in [0.29, 0.717) is 28.6 Å². The lowest BCUT2D eigenvalue weighted by Gasteiger charge is -2.20. The van der Waals surface area contributed by atoms with Gasteiger partial charge in [-0.05, 0) is 57.0 Å². The first-order valence-corrected chi connectivity index (χ1v) is 13.0. The van der Waals surface area contributed by atoms with Crippen molar-refractivity contribution in [2.75, 3.05) is 33.4 Å². The number of nitrogens with one attached hydrogen (secondary N) is 1. The number of hydrogen-bond donors (Lipinski definition) is 2. The van der Waals surface area contributed by atoms with E-state index in [1.807, 2.05) is 0 Å². The number of methoxy groups -OCH3 is 1. The zero-order chi connectivity index (χ0) is 27.1. The summed E-state index contributed by atoms with van der Waals surface area (Å²) in [7, 11) is 1.53. The van der Waals surface area contributed by atoms with Crippen LogP contribution in [0.5, 0.6) is 11.5 Å². The van der Waals surface area contributed by atoms with Crippen molar-refractivity contribution in [3.05, 3.63) is 64.3 Å². The Labute approximate surface area is 225 Å². The monoisotopic (exact) mass is 548 g/mol. The van der Waals surface area contributed by atoms with Crippen LogP contribution in [0.4, 0.5) is 8.78 Å². The summed E-state index contributed by atoms with van der Waals surface area (Å²) in [5, 5.41) is 14.9. The molecule has 1 aromatic heterocycles. The van der Waals surface area contributed by atoms with Crippen molar-refractivity contribution >= 4 is 28.5 Å². The van der Waals surface area contributed by atoms with Gasteiger partial charge in [-0.1, -0.05) is 11.6 Å². The molecule has 2 N–H and O–H groups in total. The highest BCUT2D eigenvalue weighted by molar-refractivity contribution is 6.32. The van der Waals surface area contributed by atoms with Crippen LogP contribution in [0, 0.1) is 17.6 Å². The number of carbonyl (C=O) groups is 1. The zero-order valence-electron chi connectivity index (χ0n) is 21.1. The third-order valence-electron chi connectivity index (χ3n) is 6.66. The van der Waals surface area contributed by atoms with Crippen molar-refractivity contribution in [3.63, 3.8) is 0 Å². The molecule has 1 aliphatic heterocycles. The first-order valence-electron chi connectivity index (χ1n) is 12.7. The highest BCUT2D eigenvalue weighted by Crippen LogP contribution is 2.34. The summed E-state index contributed by atoms with van der Waals surface area (Å²) in [6, 6.07) is 7.44. The number of benzene rings is 2. The van der Waals surface area contributed by atoms with Gasteiger partial charge in [-0.15, -0.1) is 0 Å². The third-order valence-corrected chi connectivity index (χ3v) is 6.96. The molecule has 7 nitrogen and oxygen atoms in total. The molecule has 0 aliphatic carbocycles. The number of rotatable bonds is 11. The van der Waals surface area contributed by atoms with Gasteiger partial charge in [-0.2, -0.15) is 0 Å². The maximum atomic E-state index is 14.8. The predicted molar refractivity (Wildman–Crippen MR) is 140 cm³/mol. The second kappa shape index (κ2) is 13.2. The van der Waals surface area contributed by atoms with Crippen molar-refractivity contribution in [1.29, 1.82) is 0 Å². The fourth-order valence-electron chi connectivity index (χ4n) is 4.56. The van der Waals surface area contributed by atoms with Crippen LogP contribution in [0.3, 0.4) is 0 Å². The van der Waals surface area contributed by atoms with Crippen molar-refractivity contribution < 1.29 is 32.9 Å². The Bertz CT molecular complexity index is 1250. The normalized spacial score (nSPS) is 14.9. The minimum Gasteiger partial charge on any atom is -0.497 e. The van der Waals surface area contributed by atoms with Crippen molar-refractivity contribution in [3.8, 4) is 11.5 Å². The number of esters is 1. The van der Waals surface area contributed by atoms with Gasteiger partial charge in [0.25, 0.3) is 0 Å². The van der Waals surface area contributed by atoms with Crippen LogP contribution in [-0.2, 0) is 16.0 Å². The standard InChI is InChI=1S/C28H31ClF2N2O5/c1-36-18-3-5-25-21(13-18)27(22(29)16-33-25)26(34)6-4-20-23(30)14-19(15-24(20)31)37-11-2-12-38-28(35)17-7-9-32-10-8-17/h3,5,13-17,26,32,34H,2,4,6-12H2,1H3. The molecule has 0 amide bonds. The molecule has 1 aliphatic rings. The molecule has 204 valence electrons. The number of halogens is 3. The lowest BCUT2D eigenvalue weighted by molar-refractivity contribution is -0.149. The number of piperidine rings is 1. The Hall–Kier alpha value is -3.01. The topological polar surface area (TPSA) is 89.9 Å². The molecular formula is C28H31ClF2N2O5. The average molecular weight is 549 g/mol. The Morgan fingerprint density at radius 2 is 1.89 bits per heavy atom. The summed E-state index contributed by atoms with van der Waals surface area (Å²) < 4.78 is 45.5. The van der Waals surface area contributed by atoms with E-state index in [-0.39, 0.29) is 54.3 Å². The molecule has 0 bridgehead atoms. The van der Waals surface area contributed by atoms with Gasteiger partial charge in [-0.25, -0.2) is 8.78 Å². The van der Waals surface area contributed by atoms with E-state index >= 15 is 0 Å². The maximum Gasteiger partial charge on any atom is 0.309 e. The fraction of sp³-hybridized carbons (Fsp3) is 0.429. The Balaban J connectivity index is 1.31. The van der Waals surface area contributed by atoms with Crippen molar-refractivity contribution in [1.82, 2.24) is 10.3 Å². The number of nitrogens with zero attached hydrogens (tertiary/aromatic N) is 1. The number of aliphatic hydroxyl groups excluding tert-OH is 1. The van der Waals surface area contributed by atoms with Crippen LogP contribution in [0.15, 0.2) is 36.5 Å². The van der Waals surface area contributed by atoms with E-state index < -0.39 is 17.7 Å². The molecule has 4 rings (SSSR count). The smallest absolute Gasteiger partial charge is 0.309 e. The summed E-state index contributed by atoms with van der Waals surface area (Å²) in [6.45, 7) is 1.94. The van der Waals surface area contributed by atoms with Crippen molar-refractivity contribution in [2.45, 2.75) is 38.2 Å². The molecule has 1 saturated heterocycles. The number of aromatic nitrogens is 1. The number of fused-ring (bicyclic) bond motifs is 1. The van der Waals surface area contributed by atoms with Crippen LogP contribution in [0.25, 0.3) is 10.9 Å². The molecule has 0 radical (unpaired) electrons. The second-order valence-corrected chi connectivity index (χ2v) is 9.62. The molecular weight excluding hydrogens is 518 g/mol. The van der Waals surface area contributed by atoms with E-state index in [0.717, 1.165) is 38.1 Å². The quantitative estimate of drug-likeness (QED) is 0.253. The number of pyridine rings is 1. The lowest BCUT2D eigenvalue weighted by Crippen LogP contribution is -2.32. The van der Waals surface area contributed by atoms with Gasteiger partial charge in [-0.3, -0.25) is 9.78 Å². The third kappa shape index (κ3) is 6.89. The van der Waals surface area contributed by atoms with Crippen LogP contribution >= 0.6 is 11.6 Å². The number of carbonyl (C=O) groups excluding carboxylic acids is 1. The summed E-state index contributed by atoms with van der Waals surface area (Å²) >= 11 is 6.33. The molecule has 3 aromatic rings. The van der Waals surface area contributed by atoms with E-state index in [9.17, 15) is 18.7 Å². The van der Waals surface area contributed by atoms with Crippen molar-refractivity contribution in [2.24, 2.45) is 5.92 Å². The fourth-order valence-corrected chi connectivity index (χ4v) is 4.83. The highest BCUT2D eigenvalue weighted by Gasteiger charge is 2.22. The van der Waals surface area contributed by atoms with Gasteiger partial charge in [0.1, 0.15) is 23.1 Å². The SMILES string of the molecule is COc1ccc2ncc(Cl)c(C(O)CCc3c(F)cc(OCCCOC(=O)C4CCNCC4)cc3F)c2c1. The van der Waals surface area contributed by atoms with Gasteiger partial charge in [0.2, 0.25) is 0 Å². The summed E-state index contributed by atoms with van der Waals surface area (Å²) in [5.74, 6) is -1.21. The van der Waals surface area contributed by atoms with Gasteiger partial charge in [0.05, 0.1) is 42.9 Å². The minimum absolute atomic E-state index is 0.0342. The van der Waals surface area contributed by atoms with Gasteiger partial charge in [0, 0.05) is 41.3 Å². The maximum absolute atomic E-state index is 14.8. The van der Waals surface area contributed by atoms with Crippen LogP contribution < -0.4 is 14.8 Å². The second-order valence-electron chi connectivity index (χ2n) is 9.22.